The molecule has 38 heavy (non-hydrogen) atoms. The Hall–Kier alpha value is -4.10. The second-order valence-corrected chi connectivity index (χ2v) is 10.1. The van der Waals surface area contributed by atoms with Crippen LogP contribution >= 0.6 is 11.6 Å². The average molecular weight is 529 g/mol. The molecule has 1 saturated carbocycles. The van der Waals surface area contributed by atoms with E-state index >= 15 is 0 Å². The van der Waals surface area contributed by atoms with E-state index in [1.807, 2.05) is 37.3 Å². The molecule has 1 heterocycles. The third-order valence-electron chi connectivity index (χ3n) is 6.91. The molecule has 1 fully saturated rings. The maximum Gasteiger partial charge on any atom is 0.342 e. The molecule has 1 aliphatic carbocycles. The Kier molecular flexibility index (Phi) is 7.47. The summed E-state index contributed by atoms with van der Waals surface area (Å²) in [6.45, 7) is 2.42. The van der Waals surface area contributed by atoms with Gasteiger partial charge in [0, 0.05) is 40.4 Å². The molecule has 0 atom stereocenters. The highest BCUT2D eigenvalue weighted by Gasteiger charge is 2.26. The van der Waals surface area contributed by atoms with E-state index in [9.17, 15) is 14.7 Å². The lowest BCUT2D eigenvalue weighted by molar-refractivity contribution is 0.102. The van der Waals surface area contributed by atoms with Crippen molar-refractivity contribution in [3.63, 3.8) is 0 Å². The van der Waals surface area contributed by atoms with Crippen molar-refractivity contribution in [1.82, 2.24) is 15.1 Å². The Balaban J connectivity index is 1.37. The Bertz CT molecular complexity index is 1460. The Morgan fingerprint density at radius 3 is 2.39 bits per heavy atom. The van der Waals surface area contributed by atoms with Gasteiger partial charge in [-0.25, -0.2) is 4.79 Å². The number of aryl methyl sites for hydroxylation is 1. The molecule has 7 nitrogen and oxygen atoms in total. The molecule has 0 radical (unpaired) electrons. The van der Waals surface area contributed by atoms with Gasteiger partial charge in [-0.15, -0.1) is 0 Å². The standard InChI is InChI=1S/C30H29ClN4O3/c1-19-6-8-20(9-7-19)18-32-30(38)35-27(21-4-2-3-5-21)17-26(34-35)25-15-14-24(16-28(25)36)33-29(37)22-10-12-23(31)13-11-22/h6-17,21,36H,2-5,18H2,1H3,(H,32,38)(H,33,37). The second kappa shape index (κ2) is 11.1. The molecule has 1 aromatic heterocycles. The highest BCUT2D eigenvalue weighted by molar-refractivity contribution is 6.30. The van der Waals surface area contributed by atoms with Crippen molar-refractivity contribution in [1.29, 1.82) is 0 Å². The molecule has 0 unspecified atom stereocenters. The Labute approximate surface area is 226 Å². The summed E-state index contributed by atoms with van der Waals surface area (Å²) in [7, 11) is 0. The summed E-state index contributed by atoms with van der Waals surface area (Å²) in [5, 5.41) is 21.7. The topological polar surface area (TPSA) is 96.3 Å². The Morgan fingerprint density at radius 2 is 1.71 bits per heavy atom. The summed E-state index contributed by atoms with van der Waals surface area (Å²) in [5.74, 6) is -0.116. The predicted octanol–water partition coefficient (Wildman–Crippen LogP) is 6.89. The number of carbonyl (C=O) groups is 2. The number of anilines is 1. The number of hydrogen-bond donors (Lipinski definition) is 3. The van der Waals surface area contributed by atoms with Gasteiger partial charge >= 0.3 is 6.03 Å². The van der Waals surface area contributed by atoms with Crippen LogP contribution in [0.15, 0.2) is 72.8 Å². The lowest BCUT2D eigenvalue weighted by Crippen LogP contribution is -2.30. The summed E-state index contributed by atoms with van der Waals surface area (Å²) in [4.78, 5) is 25.7. The minimum Gasteiger partial charge on any atom is -0.507 e. The van der Waals surface area contributed by atoms with Crippen LogP contribution in [0.4, 0.5) is 10.5 Å². The number of benzene rings is 3. The predicted molar refractivity (Wildman–Crippen MR) is 149 cm³/mol. The molecule has 0 spiro atoms. The number of halogens is 1. The fraction of sp³-hybridized carbons (Fsp3) is 0.233. The van der Waals surface area contributed by atoms with E-state index in [0.717, 1.165) is 42.5 Å². The van der Waals surface area contributed by atoms with Gasteiger partial charge in [-0.1, -0.05) is 54.3 Å². The van der Waals surface area contributed by atoms with Gasteiger partial charge in [0.05, 0.1) is 11.4 Å². The molecule has 4 aromatic rings. The minimum absolute atomic E-state index is 0.0402. The number of nitrogens with one attached hydrogen (secondary N) is 2. The number of aromatic nitrogens is 2. The van der Waals surface area contributed by atoms with Gasteiger partial charge in [0.15, 0.2) is 0 Å². The van der Waals surface area contributed by atoms with Crippen molar-refractivity contribution in [2.45, 2.75) is 45.1 Å². The van der Waals surface area contributed by atoms with E-state index in [0.29, 0.717) is 34.1 Å². The van der Waals surface area contributed by atoms with Crippen LogP contribution in [0.5, 0.6) is 5.75 Å². The molecule has 5 rings (SSSR count). The van der Waals surface area contributed by atoms with Gasteiger partial charge in [0.25, 0.3) is 5.91 Å². The van der Waals surface area contributed by atoms with Crippen LogP contribution in [0, 0.1) is 6.92 Å². The number of rotatable bonds is 6. The summed E-state index contributed by atoms with van der Waals surface area (Å²) < 4.78 is 1.44. The molecule has 1 aliphatic rings. The first-order chi connectivity index (χ1) is 18.4. The lowest BCUT2D eigenvalue weighted by Gasteiger charge is -2.12. The van der Waals surface area contributed by atoms with Crippen LogP contribution in [0.2, 0.25) is 5.02 Å². The molecule has 3 N–H and O–H groups in total. The number of aromatic hydroxyl groups is 1. The molecule has 8 heteroatoms. The zero-order valence-electron chi connectivity index (χ0n) is 21.1. The van der Waals surface area contributed by atoms with Crippen LogP contribution in [-0.2, 0) is 6.54 Å². The molecule has 0 saturated heterocycles. The lowest BCUT2D eigenvalue weighted by atomic mass is 10.0. The fourth-order valence-electron chi connectivity index (χ4n) is 4.79. The molecule has 2 amide bonds. The highest BCUT2D eigenvalue weighted by Crippen LogP contribution is 2.38. The van der Waals surface area contributed by atoms with Gasteiger partial charge in [-0.2, -0.15) is 9.78 Å². The number of nitrogens with zero attached hydrogens (tertiary/aromatic N) is 2. The van der Waals surface area contributed by atoms with Crippen LogP contribution in [0.1, 0.15) is 58.8 Å². The van der Waals surface area contributed by atoms with Gasteiger partial charge in [-0.05, 0) is 67.8 Å². The maximum atomic E-state index is 13.2. The van der Waals surface area contributed by atoms with Gasteiger partial charge < -0.3 is 15.7 Å². The third-order valence-corrected chi connectivity index (χ3v) is 7.16. The van der Waals surface area contributed by atoms with Gasteiger partial charge in [0.2, 0.25) is 0 Å². The highest BCUT2D eigenvalue weighted by atomic mass is 35.5. The summed E-state index contributed by atoms with van der Waals surface area (Å²) in [5.41, 5.74) is 4.90. The number of amides is 2. The van der Waals surface area contributed by atoms with Crippen LogP contribution < -0.4 is 10.6 Å². The quantitative estimate of drug-likeness (QED) is 0.254. The zero-order chi connectivity index (χ0) is 26.6. The van der Waals surface area contributed by atoms with Crippen molar-refractivity contribution in [3.8, 4) is 17.0 Å². The summed E-state index contributed by atoms with van der Waals surface area (Å²) in [6.07, 6.45) is 4.23. The summed E-state index contributed by atoms with van der Waals surface area (Å²) in [6, 6.07) is 21.0. The van der Waals surface area contributed by atoms with E-state index in [4.69, 9.17) is 11.6 Å². The number of phenolic OH excluding ortho intramolecular Hbond substituents is 1. The molecule has 0 aliphatic heterocycles. The fourth-order valence-corrected chi connectivity index (χ4v) is 4.92. The molecule has 3 aromatic carbocycles. The number of phenols is 1. The van der Waals surface area contributed by atoms with Crippen molar-refractivity contribution in [3.05, 3.63) is 100 Å². The van der Waals surface area contributed by atoms with Crippen LogP contribution in [0.25, 0.3) is 11.3 Å². The number of hydrogen-bond acceptors (Lipinski definition) is 4. The normalized spacial score (nSPS) is 13.4. The monoisotopic (exact) mass is 528 g/mol. The molecule has 0 bridgehead atoms. The van der Waals surface area contributed by atoms with Crippen molar-refractivity contribution in [2.24, 2.45) is 0 Å². The Morgan fingerprint density at radius 1 is 1.00 bits per heavy atom. The van der Waals surface area contributed by atoms with Crippen LogP contribution in [0.3, 0.4) is 0 Å². The van der Waals surface area contributed by atoms with E-state index in [1.165, 1.54) is 10.7 Å². The van der Waals surface area contributed by atoms with Gasteiger partial charge in [0.1, 0.15) is 5.75 Å². The van der Waals surface area contributed by atoms with Gasteiger partial charge in [-0.3, -0.25) is 4.79 Å². The SMILES string of the molecule is Cc1ccc(CNC(=O)n2nc(-c3ccc(NC(=O)c4ccc(Cl)cc4)cc3O)cc2C2CCCC2)cc1. The van der Waals surface area contributed by atoms with E-state index in [2.05, 4.69) is 15.7 Å². The second-order valence-electron chi connectivity index (χ2n) is 9.68. The molecular formula is C30H29ClN4O3. The van der Waals surface area contributed by atoms with E-state index in [-0.39, 0.29) is 23.6 Å². The first-order valence-corrected chi connectivity index (χ1v) is 13.1. The summed E-state index contributed by atoms with van der Waals surface area (Å²) >= 11 is 5.90. The largest absolute Gasteiger partial charge is 0.507 e. The third kappa shape index (κ3) is 5.73. The minimum atomic E-state index is -0.313. The van der Waals surface area contributed by atoms with Crippen LogP contribution in [-0.4, -0.2) is 26.8 Å². The zero-order valence-corrected chi connectivity index (χ0v) is 21.8. The molecular weight excluding hydrogens is 500 g/mol. The van der Waals surface area contributed by atoms with Crippen molar-refractivity contribution < 1.29 is 14.7 Å². The van der Waals surface area contributed by atoms with Crippen molar-refractivity contribution >= 4 is 29.2 Å². The number of carbonyl (C=O) groups excluding carboxylic acids is 2. The van der Waals surface area contributed by atoms with Crippen molar-refractivity contribution in [2.75, 3.05) is 5.32 Å². The smallest absolute Gasteiger partial charge is 0.342 e. The maximum absolute atomic E-state index is 13.2. The first kappa shape index (κ1) is 25.5. The van der Waals surface area contributed by atoms with E-state index in [1.54, 1.807) is 36.4 Å². The average Bonchev–Trinajstić information content (AvgIpc) is 3.59. The van der Waals surface area contributed by atoms with E-state index < -0.39 is 0 Å². The molecule has 194 valence electrons. The first-order valence-electron chi connectivity index (χ1n) is 12.7.